The van der Waals surface area contributed by atoms with Crippen LogP contribution in [0.5, 0.6) is 0 Å². The van der Waals surface area contributed by atoms with E-state index in [1.54, 1.807) is 13.0 Å². The topological polar surface area (TPSA) is 85.8 Å². The standard InChI is InChI=1S/C14H10FN3O2/c1-8-4-13(19)11(7-17-8)14(20)18-10-2-3-12(15)9(5-10)6-16/h2-5,7H,1H3,(H,17,19)(H,18,20). The molecule has 2 aromatic rings. The summed E-state index contributed by atoms with van der Waals surface area (Å²) in [6.07, 6.45) is 1.31. The van der Waals surface area contributed by atoms with Gasteiger partial charge in [0.1, 0.15) is 17.4 Å². The molecule has 0 aliphatic rings. The van der Waals surface area contributed by atoms with Crippen LogP contribution in [0.4, 0.5) is 10.1 Å². The molecular weight excluding hydrogens is 261 g/mol. The van der Waals surface area contributed by atoms with E-state index in [2.05, 4.69) is 10.3 Å². The lowest BCUT2D eigenvalue weighted by molar-refractivity contribution is 0.102. The Balaban J connectivity index is 2.28. The highest BCUT2D eigenvalue weighted by Crippen LogP contribution is 2.14. The number of nitriles is 1. The van der Waals surface area contributed by atoms with Crippen LogP contribution >= 0.6 is 0 Å². The minimum absolute atomic E-state index is 0.0570. The van der Waals surface area contributed by atoms with Crippen LogP contribution in [0.1, 0.15) is 21.6 Å². The summed E-state index contributed by atoms with van der Waals surface area (Å²) in [7, 11) is 0. The van der Waals surface area contributed by atoms with E-state index >= 15 is 0 Å². The number of nitrogens with zero attached hydrogens (tertiary/aromatic N) is 1. The van der Waals surface area contributed by atoms with Gasteiger partial charge in [-0.2, -0.15) is 5.26 Å². The van der Waals surface area contributed by atoms with Gasteiger partial charge in [-0.05, 0) is 25.1 Å². The third-order valence-corrected chi connectivity index (χ3v) is 2.65. The Kier molecular flexibility index (Phi) is 3.62. The van der Waals surface area contributed by atoms with Crippen molar-refractivity contribution in [3.63, 3.8) is 0 Å². The molecule has 0 saturated carbocycles. The molecular formula is C14H10FN3O2. The molecule has 5 nitrogen and oxygen atoms in total. The van der Waals surface area contributed by atoms with Crippen molar-refractivity contribution in [2.24, 2.45) is 0 Å². The number of carbonyl (C=O) groups is 1. The van der Waals surface area contributed by atoms with Crippen LogP contribution in [0.3, 0.4) is 0 Å². The van der Waals surface area contributed by atoms with E-state index in [1.807, 2.05) is 0 Å². The molecule has 2 N–H and O–H groups in total. The Morgan fingerprint density at radius 1 is 1.40 bits per heavy atom. The third kappa shape index (κ3) is 2.72. The lowest BCUT2D eigenvalue weighted by atomic mass is 10.2. The second-order valence-electron chi connectivity index (χ2n) is 4.15. The molecule has 0 radical (unpaired) electrons. The Bertz CT molecular complexity index is 775. The van der Waals surface area contributed by atoms with Gasteiger partial charge in [0.15, 0.2) is 5.43 Å². The summed E-state index contributed by atoms with van der Waals surface area (Å²) in [6, 6.07) is 6.58. The molecule has 0 fully saturated rings. The fraction of sp³-hybridized carbons (Fsp3) is 0.0714. The monoisotopic (exact) mass is 271 g/mol. The minimum Gasteiger partial charge on any atom is -0.364 e. The molecule has 1 heterocycles. The predicted octanol–water partition coefficient (Wildman–Crippen LogP) is 1.95. The lowest BCUT2D eigenvalue weighted by Crippen LogP contribution is -2.21. The van der Waals surface area contributed by atoms with Crippen LogP contribution in [-0.2, 0) is 0 Å². The van der Waals surface area contributed by atoms with Gasteiger partial charge in [-0.15, -0.1) is 0 Å². The molecule has 1 aromatic heterocycles. The number of H-pyrrole nitrogens is 1. The molecule has 0 atom stereocenters. The highest BCUT2D eigenvalue weighted by Gasteiger charge is 2.11. The number of amides is 1. The van der Waals surface area contributed by atoms with Crippen LogP contribution in [-0.4, -0.2) is 10.9 Å². The van der Waals surface area contributed by atoms with E-state index in [0.717, 1.165) is 6.07 Å². The average molecular weight is 271 g/mol. The number of hydrogen-bond donors (Lipinski definition) is 2. The summed E-state index contributed by atoms with van der Waals surface area (Å²) >= 11 is 0. The number of nitrogens with one attached hydrogen (secondary N) is 2. The van der Waals surface area contributed by atoms with Crippen molar-refractivity contribution < 1.29 is 9.18 Å². The van der Waals surface area contributed by atoms with Crippen LogP contribution in [0, 0.1) is 24.1 Å². The Labute approximate surface area is 113 Å². The highest BCUT2D eigenvalue weighted by molar-refractivity contribution is 6.04. The first-order valence-corrected chi connectivity index (χ1v) is 5.71. The van der Waals surface area contributed by atoms with E-state index in [1.165, 1.54) is 24.4 Å². The molecule has 0 saturated heterocycles. The third-order valence-electron chi connectivity index (χ3n) is 2.65. The first-order valence-electron chi connectivity index (χ1n) is 5.71. The van der Waals surface area contributed by atoms with E-state index < -0.39 is 17.2 Å². The van der Waals surface area contributed by atoms with Crippen LogP contribution < -0.4 is 10.7 Å². The Morgan fingerprint density at radius 2 is 2.15 bits per heavy atom. The van der Waals surface area contributed by atoms with E-state index in [0.29, 0.717) is 5.69 Å². The number of anilines is 1. The van der Waals surface area contributed by atoms with Gasteiger partial charge >= 0.3 is 0 Å². The second-order valence-corrected chi connectivity index (χ2v) is 4.15. The normalized spacial score (nSPS) is 9.85. The van der Waals surface area contributed by atoms with Gasteiger partial charge < -0.3 is 10.3 Å². The molecule has 0 spiro atoms. The lowest BCUT2D eigenvalue weighted by Gasteiger charge is -2.05. The fourth-order valence-electron chi connectivity index (χ4n) is 1.64. The summed E-state index contributed by atoms with van der Waals surface area (Å²) in [5.74, 6) is -1.29. The van der Waals surface area contributed by atoms with Gasteiger partial charge in [0.25, 0.3) is 5.91 Å². The number of hydrogen-bond acceptors (Lipinski definition) is 3. The van der Waals surface area contributed by atoms with Gasteiger partial charge in [0.2, 0.25) is 0 Å². The predicted molar refractivity (Wildman–Crippen MR) is 70.9 cm³/mol. The molecule has 6 heteroatoms. The number of benzene rings is 1. The smallest absolute Gasteiger partial charge is 0.261 e. The summed E-state index contributed by atoms with van der Waals surface area (Å²) in [5.41, 5.74) is 0.230. The van der Waals surface area contributed by atoms with E-state index in [9.17, 15) is 14.0 Å². The van der Waals surface area contributed by atoms with Crippen LogP contribution in [0.2, 0.25) is 0 Å². The summed E-state index contributed by atoms with van der Waals surface area (Å²) < 4.78 is 13.1. The second kappa shape index (κ2) is 5.36. The van der Waals surface area contributed by atoms with Gasteiger partial charge in [-0.25, -0.2) is 4.39 Å². The number of aromatic amines is 1. The summed E-state index contributed by atoms with van der Waals surface area (Å²) in [5, 5.41) is 11.2. The van der Waals surface area contributed by atoms with Crippen molar-refractivity contribution in [3.05, 3.63) is 63.3 Å². The van der Waals surface area contributed by atoms with Crippen LogP contribution in [0.25, 0.3) is 0 Å². The largest absolute Gasteiger partial charge is 0.364 e. The number of aryl methyl sites for hydroxylation is 1. The van der Waals surface area contributed by atoms with Gasteiger partial charge in [-0.3, -0.25) is 9.59 Å². The van der Waals surface area contributed by atoms with Gasteiger partial charge in [0, 0.05) is 23.6 Å². The first kappa shape index (κ1) is 13.5. The minimum atomic E-state index is -0.668. The first-order chi connectivity index (χ1) is 9.51. The molecule has 0 aliphatic carbocycles. The maximum Gasteiger partial charge on any atom is 0.261 e. The van der Waals surface area contributed by atoms with E-state index in [-0.39, 0.29) is 16.8 Å². The molecule has 2 rings (SSSR count). The molecule has 0 aliphatic heterocycles. The van der Waals surface area contributed by atoms with Crippen LogP contribution in [0.15, 0.2) is 35.3 Å². The van der Waals surface area contributed by atoms with E-state index in [4.69, 9.17) is 5.26 Å². The number of pyridine rings is 1. The molecule has 20 heavy (non-hydrogen) atoms. The van der Waals surface area contributed by atoms with Crippen molar-refractivity contribution in [1.82, 2.24) is 4.98 Å². The zero-order valence-corrected chi connectivity index (χ0v) is 10.5. The van der Waals surface area contributed by atoms with Gasteiger partial charge in [0.05, 0.1) is 5.56 Å². The zero-order valence-electron chi connectivity index (χ0n) is 10.5. The number of aromatic nitrogens is 1. The molecule has 1 aromatic carbocycles. The molecule has 0 unspecified atom stereocenters. The van der Waals surface area contributed by atoms with Crippen molar-refractivity contribution in [2.45, 2.75) is 6.92 Å². The number of halogens is 1. The summed E-state index contributed by atoms with van der Waals surface area (Å²) in [4.78, 5) is 26.3. The Hall–Kier alpha value is -2.94. The van der Waals surface area contributed by atoms with Gasteiger partial charge in [-0.1, -0.05) is 0 Å². The maximum absolute atomic E-state index is 13.1. The summed E-state index contributed by atoms with van der Waals surface area (Å²) in [6.45, 7) is 1.70. The maximum atomic E-state index is 13.1. The van der Waals surface area contributed by atoms with Crippen molar-refractivity contribution in [1.29, 1.82) is 5.26 Å². The Morgan fingerprint density at radius 3 is 2.80 bits per heavy atom. The highest BCUT2D eigenvalue weighted by atomic mass is 19.1. The number of rotatable bonds is 2. The SMILES string of the molecule is Cc1cc(=O)c(C(=O)Nc2ccc(F)c(C#N)c2)c[nH]1. The van der Waals surface area contributed by atoms with Crippen molar-refractivity contribution >= 4 is 11.6 Å². The van der Waals surface area contributed by atoms with Crippen molar-refractivity contribution in [2.75, 3.05) is 5.32 Å². The van der Waals surface area contributed by atoms with Crippen molar-refractivity contribution in [3.8, 4) is 6.07 Å². The fourth-order valence-corrected chi connectivity index (χ4v) is 1.64. The number of carbonyl (C=O) groups excluding carboxylic acids is 1. The molecule has 0 bridgehead atoms. The zero-order chi connectivity index (χ0) is 14.7. The molecule has 1 amide bonds. The molecule has 100 valence electrons. The average Bonchev–Trinajstić information content (AvgIpc) is 2.40. The quantitative estimate of drug-likeness (QED) is 0.875.